The average Bonchev–Trinajstić information content (AvgIpc) is 2.21. The van der Waals surface area contributed by atoms with Crippen LogP contribution in [0.5, 0.6) is 0 Å². The van der Waals surface area contributed by atoms with Crippen LogP contribution in [-0.4, -0.2) is 70.6 Å². The molecular weight excluding hydrogens is 264 g/mol. The number of aliphatic hydroxyl groups is 6. The van der Waals surface area contributed by atoms with Gasteiger partial charge in [-0.3, -0.25) is 0 Å². The molecule has 0 aromatic carbocycles. The molecule has 0 fully saturated rings. The molecule has 12 heteroatoms. The zero-order valence-electron chi connectivity index (χ0n) is 9.52. The minimum absolute atomic E-state index is 0.212. The average molecular weight is 278 g/mol. The van der Waals surface area contributed by atoms with Crippen LogP contribution < -0.4 is 16.4 Å². The number of anilines is 3. The Morgan fingerprint density at radius 1 is 0.789 bits per heavy atom. The van der Waals surface area contributed by atoms with Crippen LogP contribution in [0.3, 0.4) is 0 Å². The van der Waals surface area contributed by atoms with Crippen LogP contribution in [0.2, 0.25) is 0 Å². The minimum atomic E-state index is -2.97. The molecule has 0 saturated carbocycles. The lowest BCUT2D eigenvalue weighted by molar-refractivity contribution is -0.301. The number of nitrogens with two attached hydrogens (primary N) is 1. The lowest BCUT2D eigenvalue weighted by atomic mass is 10.5. The van der Waals surface area contributed by atoms with E-state index in [9.17, 15) is 0 Å². The Morgan fingerprint density at radius 2 is 1.16 bits per heavy atom. The van der Waals surface area contributed by atoms with Crippen LogP contribution >= 0.6 is 0 Å². The summed E-state index contributed by atoms with van der Waals surface area (Å²) in [5, 5.41) is 56.4. The molecule has 0 aliphatic heterocycles. The van der Waals surface area contributed by atoms with E-state index in [1.54, 1.807) is 0 Å². The quantitative estimate of drug-likeness (QED) is 0.225. The highest BCUT2D eigenvalue weighted by Crippen LogP contribution is 2.08. The van der Waals surface area contributed by atoms with E-state index in [0.717, 1.165) is 0 Å². The summed E-state index contributed by atoms with van der Waals surface area (Å²) < 4.78 is 0. The molecule has 1 aromatic heterocycles. The van der Waals surface area contributed by atoms with Crippen molar-refractivity contribution in [2.45, 2.75) is 11.9 Å². The van der Waals surface area contributed by atoms with Crippen molar-refractivity contribution in [2.75, 3.05) is 29.5 Å². The van der Waals surface area contributed by atoms with Crippen LogP contribution in [0.25, 0.3) is 0 Å². The molecule has 0 unspecified atom stereocenters. The van der Waals surface area contributed by atoms with Crippen molar-refractivity contribution in [3.05, 3.63) is 0 Å². The van der Waals surface area contributed by atoms with Crippen LogP contribution in [-0.2, 0) is 0 Å². The first kappa shape index (κ1) is 15.2. The predicted molar refractivity (Wildman–Crippen MR) is 60.0 cm³/mol. The Hall–Kier alpha value is -1.83. The number of hydrogen-bond acceptors (Lipinski definition) is 12. The van der Waals surface area contributed by atoms with Crippen molar-refractivity contribution in [1.29, 1.82) is 0 Å². The summed E-state index contributed by atoms with van der Waals surface area (Å²) >= 11 is 0. The number of nitrogen functional groups attached to an aromatic ring is 1. The Balaban J connectivity index is 2.71. The second kappa shape index (κ2) is 5.43. The molecule has 12 nitrogen and oxygen atoms in total. The van der Waals surface area contributed by atoms with E-state index in [2.05, 4.69) is 25.6 Å². The number of nitrogens with one attached hydrogen (secondary N) is 2. The molecule has 1 aromatic rings. The molecule has 10 N–H and O–H groups in total. The monoisotopic (exact) mass is 278 g/mol. The van der Waals surface area contributed by atoms with Gasteiger partial charge in [0.2, 0.25) is 17.8 Å². The highest BCUT2D eigenvalue weighted by molar-refractivity contribution is 5.39. The third kappa shape index (κ3) is 6.61. The van der Waals surface area contributed by atoms with Crippen LogP contribution in [0.4, 0.5) is 17.8 Å². The van der Waals surface area contributed by atoms with Crippen molar-refractivity contribution < 1.29 is 30.6 Å². The van der Waals surface area contributed by atoms with Crippen molar-refractivity contribution in [3.63, 3.8) is 0 Å². The number of rotatable bonds is 6. The van der Waals surface area contributed by atoms with Gasteiger partial charge in [0.25, 0.3) is 11.9 Å². The molecule has 0 saturated heterocycles. The first-order valence-electron chi connectivity index (χ1n) is 4.89. The maximum absolute atomic E-state index is 8.66. The highest BCUT2D eigenvalue weighted by atomic mass is 16.7. The second-order valence-electron chi connectivity index (χ2n) is 3.60. The molecule has 0 radical (unpaired) electrons. The van der Waals surface area contributed by atoms with Gasteiger partial charge in [0, 0.05) is 0 Å². The highest BCUT2D eigenvalue weighted by Gasteiger charge is 2.20. The van der Waals surface area contributed by atoms with E-state index in [-0.39, 0.29) is 17.8 Å². The van der Waals surface area contributed by atoms with Gasteiger partial charge in [-0.25, -0.2) is 0 Å². The van der Waals surface area contributed by atoms with E-state index in [4.69, 9.17) is 36.4 Å². The first-order chi connectivity index (χ1) is 8.55. The predicted octanol–water partition coefficient (Wildman–Crippen LogP) is -4.46. The largest absolute Gasteiger partial charge is 0.368 e. The van der Waals surface area contributed by atoms with Gasteiger partial charge in [-0.05, 0) is 0 Å². The van der Waals surface area contributed by atoms with E-state index in [1.807, 2.05) is 0 Å². The van der Waals surface area contributed by atoms with Crippen molar-refractivity contribution in [1.82, 2.24) is 15.0 Å². The summed E-state index contributed by atoms with van der Waals surface area (Å²) in [7, 11) is 0. The topological polar surface area (TPSA) is 210 Å². The van der Waals surface area contributed by atoms with Gasteiger partial charge in [0.15, 0.2) is 0 Å². The van der Waals surface area contributed by atoms with Gasteiger partial charge in [-0.1, -0.05) is 0 Å². The summed E-state index contributed by atoms with van der Waals surface area (Å²) in [5.74, 6) is -6.62. The lowest BCUT2D eigenvalue weighted by Gasteiger charge is -2.16. The Bertz CT molecular complexity index is 393. The Morgan fingerprint density at radius 3 is 1.47 bits per heavy atom. The number of nitrogens with zero attached hydrogens (tertiary/aromatic N) is 3. The van der Waals surface area contributed by atoms with Gasteiger partial charge in [-0.15, -0.1) is 0 Å². The zero-order valence-corrected chi connectivity index (χ0v) is 9.52. The third-order valence-electron chi connectivity index (χ3n) is 1.62. The number of aromatic nitrogens is 3. The van der Waals surface area contributed by atoms with E-state index < -0.39 is 25.0 Å². The maximum atomic E-state index is 8.66. The van der Waals surface area contributed by atoms with Gasteiger partial charge in [-0.2, -0.15) is 15.0 Å². The van der Waals surface area contributed by atoms with Gasteiger partial charge in [0.1, 0.15) is 0 Å². The fourth-order valence-corrected chi connectivity index (χ4v) is 0.946. The molecule has 0 aliphatic rings. The van der Waals surface area contributed by atoms with E-state index in [1.165, 1.54) is 0 Å². The Kier molecular flexibility index (Phi) is 4.35. The smallest absolute Gasteiger partial charge is 0.293 e. The number of hydrogen-bond donors (Lipinski definition) is 9. The van der Waals surface area contributed by atoms with Crippen LogP contribution in [0.1, 0.15) is 0 Å². The van der Waals surface area contributed by atoms with E-state index >= 15 is 0 Å². The molecule has 0 atom stereocenters. The zero-order chi connectivity index (χ0) is 14.7. The second-order valence-corrected chi connectivity index (χ2v) is 3.60. The standard InChI is InChI=1S/C7H14N6O6/c8-3-11-4(9-1-6(14,15)16)13-5(12-3)10-2-7(17,18)19/h14-19H,1-2H2,(H4,8,9,10,11,12,13). The first-order valence-corrected chi connectivity index (χ1v) is 4.89. The SMILES string of the molecule is Nc1nc(NCC(O)(O)O)nc(NCC(O)(O)O)n1. The van der Waals surface area contributed by atoms with Crippen LogP contribution in [0, 0.1) is 0 Å². The van der Waals surface area contributed by atoms with Crippen molar-refractivity contribution in [3.8, 4) is 0 Å². The molecule has 1 heterocycles. The van der Waals surface area contributed by atoms with Gasteiger partial charge < -0.3 is 47.0 Å². The maximum Gasteiger partial charge on any atom is 0.293 e. The minimum Gasteiger partial charge on any atom is -0.368 e. The van der Waals surface area contributed by atoms with Crippen LogP contribution in [0.15, 0.2) is 0 Å². The molecular formula is C7H14N6O6. The summed E-state index contributed by atoms with van der Waals surface area (Å²) in [6, 6.07) is 0. The van der Waals surface area contributed by atoms with Gasteiger partial charge >= 0.3 is 0 Å². The molecule has 0 aliphatic carbocycles. The third-order valence-corrected chi connectivity index (χ3v) is 1.62. The summed E-state index contributed by atoms with van der Waals surface area (Å²) in [4.78, 5) is 10.8. The Labute approximate surface area is 106 Å². The molecule has 1 rings (SSSR count). The lowest BCUT2D eigenvalue weighted by Crippen LogP contribution is -2.37. The summed E-state index contributed by atoms with van der Waals surface area (Å²) in [5.41, 5.74) is 5.32. The van der Waals surface area contributed by atoms with E-state index in [0.29, 0.717) is 0 Å². The fourth-order valence-electron chi connectivity index (χ4n) is 0.946. The molecule has 0 amide bonds. The summed E-state index contributed by atoms with van der Waals surface area (Å²) in [6.45, 7) is -1.42. The normalized spacial score (nSPS) is 12.3. The summed E-state index contributed by atoms with van der Waals surface area (Å²) in [6.07, 6.45) is 0. The fraction of sp³-hybridized carbons (Fsp3) is 0.571. The molecule has 0 bridgehead atoms. The molecule has 108 valence electrons. The molecule has 0 spiro atoms. The van der Waals surface area contributed by atoms with Crippen molar-refractivity contribution >= 4 is 17.8 Å². The van der Waals surface area contributed by atoms with Gasteiger partial charge in [0.05, 0.1) is 13.1 Å². The molecule has 19 heavy (non-hydrogen) atoms. The van der Waals surface area contributed by atoms with Crippen molar-refractivity contribution in [2.24, 2.45) is 0 Å².